The highest BCUT2D eigenvalue weighted by atomic mass is 16.2. The number of nitrogens with zero attached hydrogens (tertiary/aromatic N) is 2. The van der Waals surface area contributed by atoms with Crippen LogP contribution in [0.3, 0.4) is 0 Å². The zero-order chi connectivity index (χ0) is 15.9. The minimum absolute atomic E-state index is 0.0990. The fraction of sp³-hybridized carbons (Fsp3) is 0.412. The summed E-state index contributed by atoms with van der Waals surface area (Å²) >= 11 is 0. The van der Waals surface area contributed by atoms with Crippen molar-refractivity contribution in [3.63, 3.8) is 0 Å². The molecule has 3 N–H and O–H groups in total. The van der Waals surface area contributed by atoms with Crippen LogP contribution in [0.2, 0.25) is 0 Å². The number of amides is 1. The van der Waals surface area contributed by atoms with Crippen LogP contribution in [0.1, 0.15) is 18.3 Å². The summed E-state index contributed by atoms with van der Waals surface area (Å²) in [5.41, 5.74) is 7.04. The van der Waals surface area contributed by atoms with E-state index in [1.165, 1.54) is 0 Å². The van der Waals surface area contributed by atoms with Gasteiger partial charge in [0.1, 0.15) is 5.82 Å². The maximum Gasteiger partial charge on any atom is 0.237 e. The lowest BCUT2D eigenvalue weighted by molar-refractivity contribution is -0.122. The predicted molar refractivity (Wildman–Crippen MR) is 87.3 cm³/mol. The van der Waals surface area contributed by atoms with Gasteiger partial charge in [0.25, 0.3) is 0 Å². The molecule has 2 aromatic rings. The van der Waals surface area contributed by atoms with E-state index in [2.05, 4.69) is 21.8 Å². The molecule has 1 aromatic carbocycles. The fourth-order valence-corrected chi connectivity index (χ4v) is 2.36. The van der Waals surface area contributed by atoms with Gasteiger partial charge in [-0.3, -0.25) is 4.79 Å². The van der Waals surface area contributed by atoms with Gasteiger partial charge in [-0.2, -0.15) is 0 Å². The van der Waals surface area contributed by atoms with Crippen LogP contribution in [-0.2, 0) is 17.8 Å². The van der Waals surface area contributed by atoms with Crippen LogP contribution in [0, 0.1) is 12.8 Å². The summed E-state index contributed by atoms with van der Waals surface area (Å²) in [7, 11) is 0. The number of hydrogen-bond acceptors (Lipinski definition) is 3. The Kier molecular flexibility index (Phi) is 5.72. The molecule has 1 heterocycles. The summed E-state index contributed by atoms with van der Waals surface area (Å²) in [5, 5.41) is 2.94. The first-order valence-corrected chi connectivity index (χ1v) is 7.61. The van der Waals surface area contributed by atoms with Gasteiger partial charge in [0.05, 0.1) is 6.04 Å². The van der Waals surface area contributed by atoms with Crippen molar-refractivity contribution in [1.29, 1.82) is 0 Å². The van der Waals surface area contributed by atoms with E-state index in [0.717, 1.165) is 17.9 Å². The Labute approximate surface area is 131 Å². The molecule has 0 spiro atoms. The normalized spacial score (nSPS) is 13.6. The van der Waals surface area contributed by atoms with Gasteiger partial charge >= 0.3 is 0 Å². The Morgan fingerprint density at radius 1 is 1.36 bits per heavy atom. The van der Waals surface area contributed by atoms with Crippen LogP contribution in [0.4, 0.5) is 0 Å². The molecule has 1 aromatic heterocycles. The largest absolute Gasteiger partial charge is 0.354 e. The molecule has 0 radical (unpaired) electrons. The van der Waals surface area contributed by atoms with Gasteiger partial charge < -0.3 is 15.6 Å². The number of carbonyl (C=O) groups is 1. The molecule has 0 saturated heterocycles. The van der Waals surface area contributed by atoms with Crippen molar-refractivity contribution >= 4 is 5.91 Å². The quantitative estimate of drug-likeness (QED) is 0.814. The minimum atomic E-state index is -0.510. The van der Waals surface area contributed by atoms with Crippen molar-refractivity contribution in [2.45, 2.75) is 32.9 Å². The Bertz CT molecular complexity index is 594. The van der Waals surface area contributed by atoms with E-state index in [1.54, 1.807) is 6.20 Å². The number of rotatable bonds is 7. The van der Waals surface area contributed by atoms with Crippen LogP contribution in [0.15, 0.2) is 42.7 Å². The van der Waals surface area contributed by atoms with Gasteiger partial charge in [-0.15, -0.1) is 0 Å². The third kappa shape index (κ3) is 4.70. The van der Waals surface area contributed by atoms with Gasteiger partial charge in [0, 0.05) is 25.5 Å². The number of carbonyl (C=O) groups excluding carboxylic acids is 1. The molecule has 0 aliphatic rings. The van der Waals surface area contributed by atoms with E-state index in [1.807, 2.05) is 43.5 Å². The summed E-state index contributed by atoms with van der Waals surface area (Å²) in [5.74, 6) is 1.21. The number of benzene rings is 1. The first-order chi connectivity index (χ1) is 10.6. The summed E-state index contributed by atoms with van der Waals surface area (Å²) < 4.78 is 2.08. The number of aromatic nitrogens is 2. The molecule has 0 aliphatic heterocycles. The summed E-state index contributed by atoms with van der Waals surface area (Å²) in [6.45, 7) is 5.52. The van der Waals surface area contributed by atoms with Crippen molar-refractivity contribution in [2.24, 2.45) is 11.7 Å². The lowest BCUT2D eigenvalue weighted by Gasteiger charge is -2.17. The molecule has 0 saturated carbocycles. The average Bonchev–Trinajstić information content (AvgIpc) is 2.91. The second-order valence-corrected chi connectivity index (χ2v) is 5.77. The topological polar surface area (TPSA) is 72.9 Å². The van der Waals surface area contributed by atoms with E-state index in [9.17, 15) is 4.79 Å². The fourth-order valence-electron chi connectivity index (χ4n) is 2.36. The Hall–Kier alpha value is -2.14. The van der Waals surface area contributed by atoms with E-state index in [0.29, 0.717) is 18.9 Å². The average molecular weight is 300 g/mol. The van der Waals surface area contributed by atoms with Crippen LogP contribution in [0.25, 0.3) is 0 Å². The third-order valence-corrected chi connectivity index (χ3v) is 3.69. The molecule has 5 nitrogen and oxygen atoms in total. The summed E-state index contributed by atoms with van der Waals surface area (Å²) in [4.78, 5) is 16.3. The molecular formula is C17H24N4O. The molecular weight excluding hydrogens is 276 g/mol. The lowest BCUT2D eigenvalue weighted by Crippen LogP contribution is -2.43. The smallest absolute Gasteiger partial charge is 0.237 e. The van der Waals surface area contributed by atoms with Gasteiger partial charge in [-0.25, -0.2) is 4.98 Å². The monoisotopic (exact) mass is 300 g/mol. The van der Waals surface area contributed by atoms with Crippen molar-refractivity contribution in [3.8, 4) is 0 Å². The number of imidazole rings is 1. The molecule has 22 heavy (non-hydrogen) atoms. The number of nitrogens with two attached hydrogens (primary N) is 1. The Balaban J connectivity index is 1.76. The molecule has 2 atom stereocenters. The van der Waals surface area contributed by atoms with Gasteiger partial charge in [0.2, 0.25) is 5.91 Å². The zero-order valence-electron chi connectivity index (χ0n) is 13.2. The van der Waals surface area contributed by atoms with Crippen molar-refractivity contribution in [1.82, 2.24) is 14.9 Å². The molecule has 5 heteroatoms. The molecule has 0 fully saturated rings. The highest BCUT2D eigenvalue weighted by Gasteiger charge is 2.15. The number of nitrogens with one attached hydrogen (secondary N) is 1. The molecule has 0 aliphatic carbocycles. The van der Waals surface area contributed by atoms with Crippen LogP contribution in [-0.4, -0.2) is 28.0 Å². The number of aryl methyl sites for hydroxylation is 1. The Morgan fingerprint density at radius 3 is 2.73 bits per heavy atom. The van der Waals surface area contributed by atoms with Crippen LogP contribution in [0.5, 0.6) is 0 Å². The van der Waals surface area contributed by atoms with Gasteiger partial charge in [-0.1, -0.05) is 37.3 Å². The first kappa shape index (κ1) is 16.2. The second kappa shape index (κ2) is 7.75. The maximum atomic E-state index is 12.1. The van der Waals surface area contributed by atoms with Crippen molar-refractivity contribution < 1.29 is 4.79 Å². The minimum Gasteiger partial charge on any atom is -0.354 e. The van der Waals surface area contributed by atoms with E-state index >= 15 is 0 Å². The zero-order valence-corrected chi connectivity index (χ0v) is 13.2. The van der Waals surface area contributed by atoms with E-state index in [-0.39, 0.29) is 5.91 Å². The highest BCUT2D eigenvalue weighted by molar-refractivity contribution is 5.81. The SMILES string of the molecule is Cc1nccn1CC(C)CNC(=O)C(N)Cc1ccccc1. The van der Waals surface area contributed by atoms with Crippen molar-refractivity contribution in [3.05, 3.63) is 54.1 Å². The predicted octanol–water partition coefficient (Wildman–Crippen LogP) is 1.51. The molecule has 2 unspecified atom stereocenters. The van der Waals surface area contributed by atoms with Crippen molar-refractivity contribution in [2.75, 3.05) is 6.54 Å². The molecule has 0 bridgehead atoms. The van der Waals surface area contributed by atoms with Crippen LogP contribution >= 0.6 is 0 Å². The second-order valence-electron chi connectivity index (χ2n) is 5.77. The lowest BCUT2D eigenvalue weighted by atomic mass is 10.1. The molecule has 2 rings (SSSR count). The van der Waals surface area contributed by atoms with Gasteiger partial charge in [-0.05, 0) is 24.8 Å². The molecule has 118 valence electrons. The van der Waals surface area contributed by atoms with E-state index < -0.39 is 6.04 Å². The Morgan fingerprint density at radius 2 is 2.09 bits per heavy atom. The first-order valence-electron chi connectivity index (χ1n) is 7.61. The number of hydrogen-bond donors (Lipinski definition) is 2. The summed E-state index contributed by atoms with van der Waals surface area (Å²) in [6.07, 6.45) is 4.30. The van der Waals surface area contributed by atoms with Gasteiger partial charge in [0.15, 0.2) is 0 Å². The summed E-state index contributed by atoms with van der Waals surface area (Å²) in [6, 6.07) is 9.32. The molecule has 1 amide bonds. The third-order valence-electron chi connectivity index (χ3n) is 3.69. The van der Waals surface area contributed by atoms with E-state index in [4.69, 9.17) is 5.73 Å². The highest BCUT2D eigenvalue weighted by Crippen LogP contribution is 2.04. The van der Waals surface area contributed by atoms with Crippen LogP contribution < -0.4 is 11.1 Å². The maximum absolute atomic E-state index is 12.1. The standard InChI is InChI=1S/C17H24N4O/c1-13(12-21-9-8-19-14(21)2)11-20-17(22)16(18)10-15-6-4-3-5-7-15/h3-9,13,16H,10-12,18H2,1-2H3,(H,20,22).